The maximum Gasteiger partial charge on any atom is 0.410 e. The summed E-state index contributed by atoms with van der Waals surface area (Å²) in [7, 11) is 3.66. The molecule has 2 fully saturated rings. The van der Waals surface area contributed by atoms with E-state index in [9.17, 15) is 9.59 Å². The molecule has 0 radical (unpaired) electrons. The second kappa shape index (κ2) is 11.0. The highest BCUT2D eigenvalue weighted by Gasteiger charge is 2.36. The third-order valence-electron chi connectivity index (χ3n) is 5.85. The number of likely N-dealkylation sites (tertiary alicyclic amines) is 1. The van der Waals surface area contributed by atoms with E-state index >= 15 is 0 Å². The van der Waals surface area contributed by atoms with Crippen LogP contribution in [0, 0.1) is 0 Å². The summed E-state index contributed by atoms with van der Waals surface area (Å²) in [6.45, 7) is 11.2. The zero-order chi connectivity index (χ0) is 21.9. The molecule has 0 aromatic carbocycles. The molecular formula is C21H39IN6O3. The van der Waals surface area contributed by atoms with Gasteiger partial charge < -0.3 is 24.8 Å². The second-order valence-corrected chi connectivity index (χ2v) is 9.64. The Morgan fingerprint density at radius 2 is 1.97 bits per heavy atom. The normalized spacial score (nSPS) is 23.7. The van der Waals surface area contributed by atoms with Crippen LogP contribution in [-0.2, 0) is 9.53 Å². The van der Waals surface area contributed by atoms with Crippen LogP contribution < -0.4 is 5.32 Å². The molecule has 2 amide bonds. The van der Waals surface area contributed by atoms with Gasteiger partial charge in [0.15, 0.2) is 5.96 Å². The lowest BCUT2D eigenvalue weighted by molar-refractivity contribution is -0.133. The number of fused-ring (bicyclic) bond motifs is 1. The SMILES string of the molecule is CN(C)C(=O)C1CCCN1CCCNC1=NCC2CN(C(=O)OC(C)(C)C)CCN12.I. The van der Waals surface area contributed by atoms with E-state index in [1.54, 1.807) is 9.80 Å². The molecule has 9 nitrogen and oxygen atoms in total. The van der Waals surface area contributed by atoms with Crippen molar-refractivity contribution in [2.45, 2.75) is 57.7 Å². The monoisotopic (exact) mass is 550 g/mol. The van der Waals surface area contributed by atoms with Gasteiger partial charge in [0.2, 0.25) is 5.91 Å². The average molecular weight is 550 g/mol. The molecule has 3 aliphatic heterocycles. The first kappa shape index (κ1) is 26.0. The Labute approximate surface area is 203 Å². The van der Waals surface area contributed by atoms with Crippen LogP contribution >= 0.6 is 24.0 Å². The van der Waals surface area contributed by atoms with Crippen LogP contribution in [0.5, 0.6) is 0 Å². The van der Waals surface area contributed by atoms with Crippen LogP contribution in [-0.4, -0.2) is 115 Å². The van der Waals surface area contributed by atoms with Crippen molar-refractivity contribution in [3.63, 3.8) is 0 Å². The Morgan fingerprint density at radius 3 is 2.65 bits per heavy atom. The maximum atomic E-state index is 12.3. The first-order valence-corrected chi connectivity index (χ1v) is 11.1. The highest BCUT2D eigenvalue weighted by molar-refractivity contribution is 14.0. The van der Waals surface area contributed by atoms with Gasteiger partial charge in [0, 0.05) is 46.8 Å². The third kappa shape index (κ3) is 6.84. The Bertz CT molecular complexity index is 666. The van der Waals surface area contributed by atoms with E-state index in [1.165, 1.54) is 0 Å². The van der Waals surface area contributed by atoms with Crippen molar-refractivity contribution in [3.8, 4) is 0 Å². The van der Waals surface area contributed by atoms with Gasteiger partial charge in [0.1, 0.15) is 5.60 Å². The van der Waals surface area contributed by atoms with Gasteiger partial charge in [-0.05, 0) is 46.6 Å². The summed E-state index contributed by atoms with van der Waals surface area (Å²) < 4.78 is 5.50. The standard InChI is InChI=1S/C21H38N6O3.HI/c1-21(2,3)30-20(29)26-12-13-27-16(15-26)14-23-19(27)22-9-7-11-25-10-6-8-17(25)18(28)24(4)5;/h16-17H,6-15H2,1-5H3,(H,22,23);1H. The Balaban J connectivity index is 0.00000341. The van der Waals surface area contributed by atoms with Gasteiger partial charge in [-0.15, -0.1) is 24.0 Å². The number of aliphatic imine (C=N–C) groups is 1. The van der Waals surface area contributed by atoms with Gasteiger partial charge in [0.05, 0.1) is 18.6 Å². The molecule has 10 heteroatoms. The maximum absolute atomic E-state index is 12.3. The van der Waals surface area contributed by atoms with E-state index in [1.807, 2.05) is 34.9 Å². The van der Waals surface area contributed by atoms with E-state index in [4.69, 9.17) is 4.74 Å². The number of carbonyl (C=O) groups is 2. The zero-order valence-electron chi connectivity index (χ0n) is 19.6. The molecule has 0 aromatic heterocycles. The minimum absolute atomic E-state index is 0. The molecule has 0 saturated carbocycles. The van der Waals surface area contributed by atoms with Crippen LogP contribution in [0.1, 0.15) is 40.0 Å². The predicted molar refractivity (Wildman–Crippen MR) is 132 cm³/mol. The molecule has 0 aromatic rings. The molecule has 31 heavy (non-hydrogen) atoms. The van der Waals surface area contributed by atoms with Crippen molar-refractivity contribution < 1.29 is 14.3 Å². The molecule has 3 aliphatic rings. The van der Waals surface area contributed by atoms with Crippen LogP contribution in [0.2, 0.25) is 0 Å². The minimum atomic E-state index is -0.474. The molecule has 3 rings (SSSR count). The van der Waals surface area contributed by atoms with Gasteiger partial charge in [-0.2, -0.15) is 0 Å². The van der Waals surface area contributed by atoms with Crippen LogP contribution in [0.4, 0.5) is 4.79 Å². The third-order valence-corrected chi connectivity index (χ3v) is 5.85. The fourth-order valence-corrected chi connectivity index (χ4v) is 4.38. The fourth-order valence-electron chi connectivity index (χ4n) is 4.38. The van der Waals surface area contributed by atoms with Crippen molar-refractivity contribution >= 4 is 41.9 Å². The lowest BCUT2D eigenvalue weighted by Gasteiger charge is -2.39. The quantitative estimate of drug-likeness (QED) is 0.412. The zero-order valence-corrected chi connectivity index (χ0v) is 21.9. The largest absolute Gasteiger partial charge is 0.444 e. The Kier molecular flexibility index (Phi) is 9.23. The number of amides is 2. The minimum Gasteiger partial charge on any atom is -0.444 e. The first-order valence-electron chi connectivity index (χ1n) is 11.1. The summed E-state index contributed by atoms with van der Waals surface area (Å²) in [6, 6.07) is 0.253. The van der Waals surface area contributed by atoms with Gasteiger partial charge >= 0.3 is 6.09 Å². The lowest BCUT2D eigenvalue weighted by atomic mass is 10.2. The van der Waals surface area contributed by atoms with E-state index < -0.39 is 5.60 Å². The summed E-state index contributed by atoms with van der Waals surface area (Å²) in [5.74, 6) is 1.15. The van der Waals surface area contributed by atoms with Crippen molar-refractivity contribution in [2.24, 2.45) is 4.99 Å². The fraction of sp³-hybridized carbons (Fsp3) is 0.857. The molecule has 0 aliphatic carbocycles. The number of ether oxygens (including phenoxy) is 1. The number of hydrogen-bond donors (Lipinski definition) is 1. The van der Waals surface area contributed by atoms with Crippen LogP contribution in [0.3, 0.4) is 0 Å². The molecule has 0 spiro atoms. The van der Waals surface area contributed by atoms with Crippen LogP contribution in [0.25, 0.3) is 0 Å². The number of likely N-dealkylation sites (N-methyl/N-ethyl adjacent to an activating group) is 1. The summed E-state index contributed by atoms with van der Waals surface area (Å²) in [5, 5.41) is 3.47. The first-order chi connectivity index (χ1) is 14.2. The van der Waals surface area contributed by atoms with Gasteiger partial charge in [-0.3, -0.25) is 14.7 Å². The number of hydrogen-bond acceptors (Lipinski definition) is 7. The number of nitrogens with one attached hydrogen (secondary N) is 1. The van der Waals surface area contributed by atoms with Crippen molar-refractivity contribution in [1.29, 1.82) is 0 Å². The molecule has 3 heterocycles. The summed E-state index contributed by atoms with van der Waals surface area (Å²) in [6.07, 6.45) is 2.78. The van der Waals surface area contributed by atoms with Crippen molar-refractivity contribution in [2.75, 3.05) is 59.9 Å². The second-order valence-electron chi connectivity index (χ2n) is 9.64. The molecule has 2 atom stereocenters. The molecule has 1 N–H and O–H groups in total. The smallest absolute Gasteiger partial charge is 0.410 e. The molecule has 2 unspecified atom stereocenters. The van der Waals surface area contributed by atoms with E-state index in [-0.39, 0.29) is 48.1 Å². The molecular weight excluding hydrogens is 511 g/mol. The number of carbonyl (C=O) groups excluding carboxylic acids is 2. The average Bonchev–Trinajstić information content (AvgIpc) is 3.29. The highest BCUT2D eigenvalue weighted by atomic mass is 127. The van der Waals surface area contributed by atoms with Crippen molar-refractivity contribution in [3.05, 3.63) is 0 Å². The van der Waals surface area contributed by atoms with E-state index in [0.717, 1.165) is 51.4 Å². The molecule has 0 bridgehead atoms. The van der Waals surface area contributed by atoms with Crippen molar-refractivity contribution in [1.82, 2.24) is 24.9 Å². The Hall–Kier alpha value is -1.30. The van der Waals surface area contributed by atoms with E-state index in [0.29, 0.717) is 19.6 Å². The van der Waals surface area contributed by atoms with Crippen LogP contribution in [0.15, 0.2) is 4.99 Å². The highest BCUT2D eigenvalue weighted by Crippen LogP contribution is 2.20. The number of piperazine rings is 1. The molecule has 178 valence electrons. The molecule has 2 saturated heterocycles. The summed E-state index contributed by atoms with van der Waals surface area (Å²) in [4.78, 5) is 37.4. The number of rotatable bonds is 5. The van der Waals surface area contributed by atoms with Gasteiger partial charge in [-0.25, -0.2) is 4.79 Å². The van der Waals surface area contributed by atoms with Gasteiger partial charge in [-0.1, -0.05) is 0 Å². The number of guanidine groups is 1. The van der Waals surface area contributed by atoms with Gasteiger partial charge in [0.25, 0.3) is 0 Å². The lowest BCUT2D eigenvalue weighted by Crippen LogP contribution is -2.57. The topological polar surface area (TPSA) is 80.7 Å². The number of nitrogens with zero attached hydrogens (tertiary/aromatic N) is 5. The summed E-state index contributed by atoms with van der Waals surface area (Å²) in [5.41, 5.74) is -0.474. The summed E-state index contributed by atoms with van der Waals surface area (Å²) >= 11 is 0. The Morgan fingerprint density at radius 1 is 1.23 bits per heavy atom. The van der Waals surface area contributed by atoms with E-state index in [2.05, 4.69) is 20.1 Å². The predicted octanol–water partition coefficient (Wildman–Crippen LogP) is 1.43. The number of halogens is 1.